The fourth-order valence-electron chi connectivity index (χ4n) is 1.01. The molecular formula is C6H7IN2O. The van der Waals surface area contributed by atoms with Crippen LogP contribution in [0.3, 0.4) is 0 Å². The molecule has 0 aliphatic heterocycles. The highest BCUT2D eigenvalue weighted by molar-refractivity contribution is 14.1. The Kier molecular flexibility index (Phi) is 2.14. The standard InChI is InChI=1S/C6H7IN2O/c7-9-5(10)6(4-8)2-1-3-6/h1-3H2,(H,9,10). The molecule has 0 bridgehead atoms. The fourth-order valence-corrected chi connectivity index (χ4v) is 1.53. The van der Waals surface area contributed by atoms with Crippen LogP contribution in [0.15, 0.2) is 0 Å². The van der Waals surface area contributed by atoms with E-state index >= 15 is 0 Å². The van der Waals surface area contributed by atoms with Crippen LogP contribution < -0.4 is 3.53 Å². The summed E-state index contributed by atoms with van der Waals surface area (Å²) in [5.41, 5.74) is -0.679. The average molecular weight is 250 g/mol. The fraction of sp³-hybridized carbons (Fsp3) is 0.667. The highest BCUT2D eigenvalue weighted by atomic mass is 127. The summed E-state index contributed by atoms with van der Waals surface area (Å²) in [6, 6.07) is 2.05. The lowest BCUT2D eigenvalue weighted by Crippen LogP contribution is -2.41. The van der Waals surface area contributed by atoms with Crippen molar-refractivity contribution in [2.75, 3.05) is 0 Å². The Morgan fingerprint density at radius 3 is 2.40 bits per heavy atom. The third-order valence-corrected chi connectivity index (χ3v) is 2.43. The molecule has 3 nitrogen and oxygen atoms in total. The van der Waals surface area contributed by atoms with Gasteiger partial charge in [-0.15, -0.1) is 0 Å². The van der Waals surface area contributed by atoms with E-state index in [9.17, 15) is 4.79 Å². The van der Waals surface area contributed by atoms with Gasteiger partial charge in [-0.2, -0.15) is 5.26 Å². The van der Waals surface area contributed by atoms with Gasteiger partial charge in [0.2, 0.25) is 5.91 Å². The third-order valence-electron chi connectivity index (χ3n) is 1.94. The summed E-state index contributed by atoms with van der Waals surface area (Å²) in [6.45, 7) is 0. The Morgan fingerprint density at radius 2 is 2.30 bits per heavy atom. The second-order valence-electron chi connectivity index (χ2n) is 2.47. The van der Waals surface area contributed by atoms with E-state index in [1.54, 1.807) is 22.9 Å². The van der Waals surface area contributed by atoms with Crippen molar-refractivity contribution in [1.29, 1.82) is 5.26 Å². The average Bonchev–Trinajstić information content (AvgIpc) is 1.86. The molecule has 0 aromatic heterocycles. The molecule has 4 heteroatoms. The molecule has 0 aromatic rings. The number of nitrogens with zero attached hydrogens (tertiary/aromatic N) is 1. The lowest BCUT2D eigenvalue weighted by atomic mass is 9.69. The summed E-state index contributed by atoms with van der Waals surface area (Å²) in [4.78, 5) is 11.0. The Labute approximate surface area is 73.3 Å². The van der Waals surface area contributed by atoms with Crippen molar-refractivity contribution in [3.63, 3.8) is 0 Å². The molecule has 0 atom stereocenters. The second-order valence-corrected chi connectivity index (χ2v) is 3.01. The van der Waals surface area contributed by atoms with E-state index in [0.717, 1.165) is 19.3 Å². The van der Waals surface area contributed by atoms with Crippen LogP contribution in [0.2, 0.25) is 0 Å². The van der Waals surface area contributed by atoms with Crippen molar-refractivity contribution >= 4 is 28.8 Å². The Morgan fingerprint density at radius 1 is 1.70 bits per heavy atom. The molecule has 1 rings (SSSR count). The van der Waals surface area contributed by atoms with Gasteiger partial charge in [0.05, 0.1) is 28.9 Å². The van der Waals surface area contributed by atoms with Crippen LogP contribution in [0.1, 0.15) is 19.3 Å². The molecule has 0 unspecified atom stereocenters. The van der Waals surface area contributed by atoms with Gasteiger partial charge >= 0.3 is 0 Å². The van der Waals surface area contributed by atoms with E-state index in [4.69, 9.17) is 5.26 Å². The Hall–Kier alpha value is -0.310. The van der Waals surface area contributed by atoms with Crippen molar-refractivity contribution in [2.45, 2.75) is 19.3 Å². The van der Waals surface area contributed by atoms with Crippen molar-refractivity contribution in [3.8, 4) is 6.07 Å². The van der Waals surface area contributed by atoms with Crippen molar-refractivity contribution < 1.29 is 4.79 Å². The van der Waals surface area contributed by atoms with Crippen LogP contribution >= 0.6 is 22.9 Å². The lowest BCUT2D eigenvalue weighted by molar-refractivity contribution is -0.129. The molecule has 54 valence electrons. The second kappa shape index (κ2) is 2.74. The van der Waals surface area contributed by atoms with Crippen LogP contribution in [-0.2, 0) is 4.79 Å². The molecule has 1 aliphatic rings. The molecule has 0 spiro atoms. The van der Waals surface area contributed by atoms with Gasteiger partial charge in [-0.1, -0.05) is 0 Å². The van der Waals surface area contributed by atoms with Gasteiger partial charge < -0.3 is 0 Å². The van der Waals surface area contributed by atoms with E-state index in [1.165, 1.54) is 0 Å². The van der Waals surface area contributed by atoms with Gasteiger partial charge in [0.1, 0.15) is 5.41 Å². The number of rotatable bonds is 1. The Bertz CT molecular complexity index is 192. The molecule has 1 saturated carbocycles. The first-order chi connectivity index (χ1) is 4.75. The van der Waals surface area contributed by atoms with E-state index in [1.807, 2.05) is 6.07 Å². The summed E-state index contributed by atoms with van der Waals surface area (Å²) < 4.78 is 2.47. The zero-order chi connectivity index (χ0) is 7.61. The minimum atomic E-state index is -0.679. The van der Waals surface area contributed by atoms with E-state index < -0.39 is 5.41 Å². The van der Waals surface area contributed by atoms with Gasteiger partial charge in [0.15, 0.2) is 0 Å². The maximum Gasteiger partial charge on any atom is 0.249 e. The number of carbonyl (C=O) groups excluding carboxylic acids is 1. The topological polar surface area (TPSA) is 52.9 Å². The predicted octanol–water partition coefficient (Wildman–Crippen LogP) is 1.15. The van der Waals surface area contributed by atoms with E-state index in [-0.39, 0.29) is 5.91 Å². The van der Waals surface area contributed by atoms with E-state index in [0.29, 0.717) is 0 Å². The SMILES string of the molecule is N#CC1(C(=O)NI)CCC1. The van der Waals surface area contributed by atoms with Crippen LogP contribution in [0.25, 0.3) is 0 Å². The van der Waals surface area contributed by atoms with E-state index in [2.05, 4.69) is 3.53 Å². The Balaban J connectivity index is 2.67. The first kappa shape index (κ1) is 7.79. The molecule has 1 aliphatic carbocycles. The number of carbonyl (C=O) groups is 1. The summed E-state index contributed by atoms with van der Waals surface area (Å²) in [7, 11) is 0. The smallest absolute Gasteiger partial charge is 0.249 e. The van der Waals surface area contributed by atoms with Crippen LogP contribution in [-0.4, -0.2) is 5.91 Å². The van der Waals surface area contributed by atoms with Gasteiger partial charge in [-0.25, -0.2) is 0 Å². The van der Waals surface area contributed by atoms with Gasteiger partial charge in [-0.05, 0) is 19.3 Å². The maximum atomic E-state index is 11.0. The number of halogens is 1. The number of amides is 1. The first-order valence-electron chi connectivity index (χ1n) is 3.07. The number of nitriles is 1. The molecule has 1 fully saturated rings. The third kappa shape index (κ3) is 0.985. The summed E-state index contributed by atoms with van der Waals surface area (Å²) in [6.07, 6.45) is 2.44. The van der Waals surface area contributed by atoms with Crippen molar-refractivity contribution in [2.24, 2.45) is 5.41 Å². The molecule has 0 radical (unpaired) electrons. The van der Waals surface area contributed by atoms with Crippen LogP contribution in [0.5, 0.6) is 0 Å². The number of hydrogen-bond acceptors (Lipinski definition) is 2. The largest absolute Gasteiger partial charge is 0.297 e. The van der Waals surface area contributed by atoms with Gasteiger partial charge in [0, 0.05) is 0 Å². The molecule has 1 amide bonds. The molecule has 0 heterocycles. The zero-order valence-corrected chi connectivity index (χ0v) is 7.51. The number of hydrogen-bond donors (Lipinski definition) is 1. The number of nitrogens with one attached hydrogen (secondary N) is 1. The zero-order valence-electron chi connectivity index (χ0n) is 5.35. The minimum absolute atomic E-state index is 0.137. The first-order valence-corrected chi connectivity index (χ1v) is 4.15. The summed E-state index contributed by atoms with van der Waals surface area (Å²) >= 11 is 1.77. The molecule has 0 aromatic carbocycles. The summed E-state index contributed by atoms with van der Waals surface area (Å²) in [5, 5.41) is 8.62. The molecule has 1 N–H and O–H groups in total. The highest BCUT2D eigenvalue weighted by Crippen LogP contribution is 2.40. The van der Waals surface area contributed by atoms with Gasteiger partial charge in [-0.3, -0.25) is 8.32 Å². The minimum Gasteiger partial charge on any atom is -0.297 e. The maximum absolute atomic E-state index is 11.0. The quantitative estimate of drug-likeness (QED) is 0.560. The van der Waals surface area contributed by atoms with Crippen molar-refractivity contribution in [3.05, 3.63) is 0 Å². The van der Waals surface area contributed by atoms with Gasteiger partial charge in [0.25, 0.3) is 0 Å². The normalized spacial score (nSPS) is 20.4. The molecule has 10 heavy (non-hydrogen) atoms. The predicted molar refractivity (Wildman–Crippen MR) is 44.1 cm³/mol. The summed E-state index contributed by atoms with van der Waals surface area (Å²) in [5.74, 6) is -0.137. The van der Waals surface area contributed by atoms with Crippen LogP contribution in [0, 0.1) is 16.7 Å². The molecular weight excluding hydrogens is 243 g/mol. The molecule has 0 saturated heterocycles. The van der Waals surface area contributed by atoms with Crippen LogP contribution in [0.4, 0.5) is 0 Å². The lowest BCUT2D eigenvalue weighted by Gasteiger charge is -2.32. The van der Waals surface area contributed by atoms with Crippen molar-refractivity contribution in [1.82, 2.24) is 3.53 Å². The monoisotopic (exact) mass is 250 g/mol. The highest BCUT2D eigenvalue weighted by Gasteiger charge is 2.44.